The normalized spacial score (nSPS) is 18.9. The number of methoxy groups -OCH3 is 1. The van der Waals surface area contributed by atoms with E-state index in [1.54, 1.807) is 7.11 Å². The Labute approximate surface area is 184 Å². The van der Waals surface area contributed by atoms with Crippen molar-refractivity contribution in [3.8, 4) is 5.75 Å². The quantitative estimate of drug-likeness (QED) is 0.530. The SMILES string of the molecule is COc1ccc2c(c1)c(B1OC(C)(C)C(C)(C)O1)cn2[Si](C(C)C)(C(C)C)C(C)C. The fourth-order valence-corrected chi connectivity index (χ4v) is 12.3. The molecule has 0 unspecified atom stereocenters. The van der Waals surface area contributed by atoms with Crippen molar-refractivity contribution in [1.82, 2.24) is 4.23 Å². The van der Waals surface area contributed by atoms with Gasteiger partial charge in [-0.2, -0.15) is 0 Å². The maximum absolute atomic E-state index is 6.48. The van der Waals surface area contributed by atoms with Gasteiger partial charge in [-0.05, 0) is 68.7 Å². The Kier molecular flexibility index (Phi) is 6.03. The van der Waals surface area contributed by atoms with Crippen LogP contribution in [0.25, 0.3) is 10.9 Å². The van der Waals surface area contributed by atoms with Crippen LogP contribution in [-0.2, 0) is 9.31 Å². The lowest BCUT2D eigenvalue weighted by Gasteiger charge is -2.44. The minimum Gasteiger partial charge on any atom is -0.497 e. The molecule has 166 valence electrons. The molecular weight excluding hydrogens is 389 g/mol. The fourth-order valence-electron chi connectivity index (χ4n) is 5.67. The van der Waals surface area contributed by atoms with Gasteiger partial charge in [-0.1, -0.05) is 41.5 Å². The molecule has 1 fully saturated rings. The van der Waals surface area contributed by atoms with E-state index < -0.39 is 8.24 Å². The summed E-state index contributed by atoms with van der Waals surface area (Å²) in [6.07, 6.45) is 2.35. The molecule has 0 N–H and O–H groups in total. The Bertz CT molecular complexity index is 879. The Morgan fingerprint density at radius 3 is 1.83 bits per heavy atom. The molecule has 0 bridgehead atoms. The van der Waals surface area contributed by atoms with Crippen LogP contribution in [0, 0.1) is 0 Å². The topological polar surface area (TPSA) is 32.6 Å². The molecule has 0 spiro atoms. The lowest BCUT2D eigenvalue weighted by atomic mass is 9.79. The highest BCUT2D eigenvalue weighted by molar-refractivity contribution is 6.83. The molecule has 4 nitrogen and oxygen atoms in total. The Balaban J connectivity index is 2.31. The maximum atomic E-state index is 6.48. The third-order valence-electron chi connectivity index (χ3n) is 7.74. The zero-order chi connectivity index (χ0) is 22.6. The summed E-state index contributed by atoms with van der Waals surface area (Å²) in [6, 6.07) is 6.44. The molecule has 1 aliphatic heterocycles. The average Bonchev–Trinajstić information content (AvgIpc) is 3.08. The van der Waals surface area contributed by atoms with Gasteiger partial charge in [0.05, 0.1) is 18.3 Å². The molecule has 0 radical (unpaired) electrons. The second-order valence-electron chi connectivity index (χ2n) is 10.8. The molecule has 1 aromatic carbocycles. The van der Waals surface area contributed by atoms with Crippen LogP contribution in [-0.4, -0.2) is 37.9 Å². The Morgan fingerprint density at radius 2 is 1.40 bits per heavy atom. The lowest BCUT2D eigenvalue weighted by Crippen LogP contribution is -2.52. The van der Waals surface area contributed by atoms with E-state index in [1.807, 2.05) is 0 Å². The summed E-state index contributed by atoms with van der Waals surface area (Å²) in [4.78, 5) is 0. The molecule has 30 heavy (non-hydrogen) atoms. The number of hydrogen-bond donors (Lipinski definition) is 0. The van der Waals surface area contributed by atoms with Crippen molar-refractivity contribution in [2.24, 2.45) is 0 Å². The van der Waals surface area contributed by atoms with Gasteiger partial charge < -0.3 is 18.3 Å². The molecule has 1 aliphatic rings. The van der Waals surface area contributed by atoms with Crippen molar-refractivity contribution >= 4 is 31.7 Å². The van der Waals surface area contributed by atoms with Crippen LogP contribution in [0.1, 0.15) is 69.2 Å². The van der Waals surface area contributed by atoms with Gasteiger partial charge in [-0.25, -0.2) is 0 Å². The molecule has 3 rings (SSSR count). The van der Waals surface area contributed by atoms with Crippen LogP contribution < -0.4 is 10.2 Å². The summed E-state index contributed by atoms with van der Waals surface area (Å²) < 4.78 is 21.2. The van der Waals surface area contributed by atoms with Gasteiger partial charge in [0.2, 0.25) is 0 Å². The number of benzene rings is 1. The summed E-state index contributed by atoms with van der Waals surface area (Å²) >= 11 is 0. The van der Waals surface area contributed by atoms with Crippen molar-refractivity contribution in [2.45, 2.75) is 97.1 Å². The minimum atomic E-state index is -1.93. The highest BCUT2D eigenvalue weighted by Gasteiger charge is 2.53. The van der Waals surface area contributed by atoms with Crippen LogP contribution in [0.15, 0.2) is 24.4 Å². The second kappa shape index (κ2) is 7.72. The first kappa shape index (κ1) is 23.4. The van der Waals surface area contributed by atoms with Gasteiger partial charge in [0.15, 0.2) is 8.24 Å². The van der Waals surface area contributed by atoms with Crippen molar-refractivity contribution in [2.75, 3.05) is 7.11 Å². The standard InChI is InChI=1S/C24H40BNO3Si/c1-16(2)30(17(3)4,18(5)6)26-15-21(20-14-19(27-11)12-13-22(20)26)25-28-23(7,8)24(9,10)29-25/h12-18H,1-11H3. The summed E-state index contributed by atoms with van der Waals surface area (Å²) in [7, 11) is -0.593. The van der Waals surface area contributed by atoms with Gasteiger partial charge in [-0.15, -0.1) is 0 Å². The number of nitrogens with zero attached hydrogens (tertiary/aromatic N) is 1. The molecule has 2 aromatic rings. The molecule has 0 saturated carbocycles. The van der Waals surface area contributed by atoms with Crippen molar-refractivity contribution in [3.05, 3.63) is 24.4 Å². The van der Waals surface area contributed by atoms with Gasteiger partial charge in [0.1, 0.15) is 5.75 Å². The van der Waals surface area contributed by atoms with Crippen LogP contribution in [0.3, 0.4) is 0 Å². The molecule has 0 aliphatic carbocycles. The monoisotopic (exact) mass is 429 g/mol. The van der Waals surface area contributed by atoms with E-state index in [4.69, 9.17) is 14.0 Å². The highest BCUT2D eigenvalue weighted by atomic mass is 28.3. The maximum Gasteiger partial charge on any atom is 0.497 e. The van der Waals surface area contributed by atoms with Crippen LogP contribution in [0.2, 0.25) is 16.6 Å². The van der Waals surface area contributed by atoms with Crippen molar-refractivity contribution < 1.29 is 14.0 Å². The summed E-state index contributed by atoms with van der Waals surface area (Å²) in [6.45, 7) is 22.8. The summed E-state index contributed by atoms with van der Waals surface area (Å²) in [5, 5.41) is 1.17. The number of rotatable bonds is 6. The predicted molar refractivity (Wildman–Crippen MR) is 131 cm³/mol. The van der Waals surface area contributed by atoms with Gasteiger partial charge in [0.25, 0.3) is 0 Å². The average molecular weight is 429 g/mol. The smallest absolute Gasteiger partial charge is 0.497 e. The van der Waals surface area contributed by atoms with E-state index in [0.717, 1.165) is 11.2 Å². The third kappa shape index (κ3) is 3.35. The zero-order valence-corrected chi connectivity index (χ0v) is 21.8. The number of fused-ring (bicyclic) bond motifs is 1. The van der Waals surface area contributed by atoms with Crippen LogP contribution in [0.4, 0.5) is 0 Å². The fraction of sp³-hybridized carbons (Fsp3) is 0.667. The van der Waals surface area contributed by atoms with Gasteiger partial charge in [-0.3, -0.25) is 0 Å². The van der Waals surface area contributed by atoms with Gasteiger partial charge >= 0.3 is 7.12 Å². The van der Waals surface area contributed by atoms with Crippen molar-refractivity contribution in [3.63, 3.8) is 0 Å². The first-order valence-electron chi connectivity index (χ1n) is 11.3. The second-order valence-corrected chi connectivity index (χ2v) is 16.5. The van der Waals surface area contributed by atoms with Crippen LogP contribution >= 0.6 is 0 Å². The van der Waals surface area contributed by atoms with Crippen molar-refractivity contribution in [1.29, 1.82) is 0 Å². The van der Waals surface area contributed by atoms with Gasteiger partial charge in [0, 0.05) is 16.4 Å². The third-order valence-corrected chi connectivity index (χ3v) is 14.5. The molecule has 0 amide bonds. The Morgan fingerprint density at radius 1 is 0.900 bits per heavy atom. The molecule has 6 heteroatoms. The summed E-state index contributed by atoms with van der Waals surface area (Å²) in [5.41, 5.74) is 3.44. The molecule has 2 heterocycles. The molecule has 1 saturated heterocycles. The number of aromatic nitrogens is 1. The molecule has 1 aromatic heterocycles. The van der Waals surface area contributed by atoms with E-state index in [2.05, 4.69) is 97.9 Å². The number of ether oxygens (including phenoxy) is 1. The minimum absolute atomic E-state index is 0.367. The first-order valence-corrected chi connectivity index (χ1v) is 13.5. The van der Waals surface area contributed by atoms with E-state index in [1.165, 1.54) is 10.9 Å². The van der Waals surface area contributed by atoms with E-state index in [9.17, 15) is 0 Å². The molecule has 0 atom stereocenters. The largest absolute Gasteiger partial charge is 0.497 e. The van der Waals surface area contributed by atoms with E-state index >= 15 is 0 Å². The predicted octanol–water partition coefficient (Wildman–Crippen LogP) is 5.97. The van der Waals surface area contributed by atoms with E-state index in [0.29, 0.717) is 16.6 Å². The van der Waals surface area contributed by atoms with E-state index in [-0.39, 0.29) is 18.3 Å². The highest BCUT2D eigenvalue weighted by Crippen LogP contribution is 2.45. The lowest BCUT2D eigenvalue weighted by molar-refractivity contribution is 0.00578. The summed E-state index contributed by atoms with van der Waals surface area (Å²) in [5.74, 6) is 0.865. The number of hydrogen-bond acceptors (Lipinski definition) is 3. The zero-order valence-electron chi connectivity index (χ0n) is 20.8. The van der Waals surface area contributed by atoms with Crippen LogP contribution in [0.5, 0.6) is 5.75 Å². The first-order chi connectivity index (χ1) is 13.8. The molecular formula is C24H40BNO3Si. The Hall–Kier alpha value is -1.24.